The van der Waals surface area contributed by atoms with Gasteiger partial charge in [0.1, 0.15) is 0 Å². The van der Waals surface area contributed by atoms with Gasteiger partial charge in [-0.1, -0.05) is 426 Å². The monoisotopic (exact) mass is 1370 g/mol. The van der Waals surface area contributed by atoms with Crippen LogP contribution in [0.15, 0.2) is 138 Å². The molecule has 0 aromatic rings. The highest BCUT2D eigenvalue weighted by molar-refractivity contribution is 5.61. The van der Waals surface area contributed by atoms with E-state index in [9.17, 15) is 0 Å². The fourth-order valence-corrected chi connectivity index (χ4v) is 18.4. The minimum Gasteiger partial charge on any atom is -0.0698 e. The molecule has 100 heavy (non-hydrogen) atoms. The van der Waals surface area contributed by atoms with Crippen LogP contribution in [0.4, 0.5) is 0 Å². The molecule has 0 bridgehead atoms. The summed E-state index contributed by atoms with van der Waals surface area (Å²) in [6.07, 6.45) is 30.8. The van der Waals surface area contributed by atoms with Crippen molar-refractivity contribution in [2.24, 2.45) is 108 Å². The van der Waals surface area contributed by atoms with Gasteiger partial charge in [-0.25, -0.2) is 0 Å². The van der Waals surface area contributed by atoms with Gasteiger partial charge in [-0.05, 0) is 188 Å². The molecule has 568 valence electrons. The topological polar surface area (TPSA) is 0 Å². The quantitative estimate of drug-likeness (QED) is 0.212. The summed E-state index contributed by atoms with van der Waals surface area (Å²) in [5.41, 5.74) is 30.6. The van der Waals surface area contributed by atoms with Gasteiger partial charge in [0.2, 0.25) is 0 Å². The summed E-state index contributed by atoms with van der Waals surface area (Å²) in [7, 11) is 0. The molecular formula is C100H168. The maximum Gasteiger partial charge on any atom is 0.0447 e. The zero-order valence-electron chi connectivity index (χ0n) is 76.3. The van der Waals surface area contributed by atoms with E-state index >= 15 is 0 Å². The number of rotatable bonds is 0. The molecule has 8 aliphatic carbocycles. The SMILES string of the molecule is CC(C)(C)C1=C(C(C)(C)C)CC2(C1)CC(C(C)(C)C)=C(C(C)(C)C)C2.CC(C)(C)C1=CC2(C=C1C(C)(C)C)C=C(C(C)(C)C)C(C(C)(C)C)=C2.CC(C)(C)C1=CC2(C=C1C(C)(C)C)CC(C(C)(C)C)=C(C(C)(C)C)C2.CC(C)(C)C1=CC2(C=C1C(C)(C)C)CC(C(C)(C)C)=C(C(C)(C)C)C2. The van der Waals surface area contributed by atoms with Crippen LogP contribution in [0.5, 0.6) is 0 Å². The Balaban J connectivity index is 0.000000240. The Bertz CT molecular complexity index is 3010. The smallest absolute Gasteiger partial charge is 0.0447 e. The van der Waals surface area contributed by atoms with Gasteiger partial charge in [0.15, 0.2) is 0 Å². The molecule has 4 spiro atoms. The lowest BCUT2D eigenvalue weighted by Gasteiger charge is -2.31. The van der Waals surface area contributed by atoms with Crippen molar-refractivity contribution in [3.8, 4) is 0 Å². The molecule has 0 nitrogen and oxygen atoms in total. The van der Waals surface area contributed by atoms with E-state index in [1.807, 2.05) is 0 Å². The van der Waals surface area contributed by atoms with Crippen molar-refractivity contribution in [1.82, 2.24) is 0 Å². The molecule has 0 amide bonds. The van der Waals surface area contributed by atoms with Crippen LogP contribution in [0, 0.1) is 108 Å². The summed E-state index contributed by atoms with van der Waals surface area (Å²) in [6, 6.07) is 0. The summed E-state index contributed by atoms with van der Waals surface area (Å²) in [6.45, 7) is 114. The molecule has 0 saturated heterocycles. The number of hydrogen-bond donors (Lipinski definition) is 0. The van der Waals surface area contributed by atoms with Crippen molar-refractivity contribution in [3.63, 3.8) is 0 Å². The van der Waals surface area contributed by atoms with Gasteiger partial charge in [-0.3, -0.25) is 0 Å². The zero-order chi connectivity index (χ0) is 78.6. The lowest BCUT2D eigenvalue weighted by atomic mass is 9.74. The van der Waals surface area contributed by atoms with Gasteiger partial charge in [-0.2, -0.15) is 0 Å². The Hall–Kier alpha value is -3.12. The first-order valence-electron chi connectivity index (χ1n) is 40.3. The van der Waals surface area contributed by atoms with Gasteiger partial charge < -0.3 is 0 Å². The van der Waals surface area contributed by atoms with E-state index in [1.165, 1.54) is 73.7 Å². The molecule has 0 N–H and O–H groups in total. The first-order valence-corrected chi connectivity index (χ1v) is 40.3. The Morgan fingerprint density at radius 2 is 0.260 bits per heavy atom. The zero-order valence-corrected chi connectivity index (χ0v) is 76.3. The van der Waals surface area contributed by atoms with E-state index in [-0.39, 0.29) is 81.2 Å². The van der Waals surface area contributed by atoms with Crippen molar-refractivity contribution >= 4 is 0 Å². The molecule has 0 unspecified atom stereocenters. The minimum atomic E-state index is -0.0452. The van der Waals surface area contributed by atoms with E-state index in [2.05, 4.69) is 381 Å². The van der Waals surface area contributed by atoms with Crippen molar-refractivity contribution < 1.29 is 0 Å². The summed E-state index contributed by atoms with van der Waals surface area (Å²) >= 11 is 0. The molecule has 0 aromatic heterocycles. The van der Waals surface area contributed by atoms with Crippen LogP contribution in [0.3, 0.4) is 0 Å². The number of hydrogen-bond acceptors (Lipinski definition) is 0. The molecule has 0 heteroatoms. The molecule has 0 aliphatic heterocycles. The normalized spacial score (nSPS) is 21.9. The Kier molecular flexibility index (Phi) is 23.1. The van der Waals surface area contributed by atoms with Gasteiger partial charge in [0.05, 0.1) is 0 Å². The molecule has 0 aromatic carbocycles. The largest absolute Gasteiger partial charge is 0.0698 e. The Morgan fingerprint density at radius 1 is 0.150 bits per heavy atom. The fraction of sp³-hybridized carbons (Fsp3) is 0.760. The molecule has 8 rings (SSSR count). The van der Waals surface area contributed by atoms with Crippen LogP contribution in [0.1, 0.15) is 384 Å². The molecule has 0 saturated carbocycles. The molecule has 0 atom stereocenters. The van der Waals surface area contributed by atoms with E-state index in [0.29, 0.717) is 27.1 Å². The van der Waals surface area contributed by atoms with Crippen molar-refractivity contribution in [3.05, 3.63) is 138 Å². The van der Waals surface area contributed by atoms with Gasteiger partial charge in [-0.15, -0.1) is 0 Å². The van der Waals surface area contributed by atoms with Crippen molar-refractivity contribution in [1.29, 1.82) is 0 Å². The number of allylic oxidation sites excluding steroid dienone is 24. The molecular weight excluding hydrogens is 1200 g/mol. The highest BCUT2D eigenvalue weighted by Gasteiger charge is 2.53. The average molecular weight is 1370 g/mol. The first kappa shape index (κ1) is 87.5. The first-order chi connectivity index (χ1) is 43.5. The van der Waals surface area contributed by atoms with Crippen LogP contribution in [0.25, 0.3) is 0 Å². The van der Waals surface area contributed by atoms with Crippen molar-refractivity contribution in [2.75, 3.05) is 0 Å². The van der Waals surface area contributed by atoms with E-state index in [0.717, 1.165) is 0 Å². The third kappa shape index (κ3) is 19.9. The van der Waals surface area contributed by atoms with E-state index < -0.39 is 0 Å². The summed E-state index contributed by atoms with van der Waals surface area (Å²) < 4.78 is 0. The molecule has 0 fully saturated rings. The second-order valence-electron chi connectivity index (χ2n) is 50.7. The lowest BCUT2D eigenvalue weighted by Crippen LogP contribution is -2.19. The van der Waals surface area contributed by atoms with Gasteiger partial charge in [0, 0.05) is 16.2 Å². The predicted octanol–water partition coefficient (Wildman–Crippen LogP) is 32.5. The average Bonchev–Trinajstić information content (AvgIpc) is 1.59. The summed E-state index contributed by atoms with van der Waals surface area (Å²) in [5, 5.41) is 0. The fourth-order valence-electron chi connectivity index (χ4n) is 18.4. The highest BCUT2D eigenvalue weighted by atomic mass is 14.6. The van der Waals surface area contributed by atoms with Crippen molar-refractivity contribution in [2.45, 2.75) is 384 Å². The minimum absolute atomic E-state index is 0.0452. The van der Waals surface area contributed by atoms with Crippen LogP contribution in [-0.2, 0) is 0 Å². The van der Waals surface area contributed by atoms with Gasteiger partial charge in [0.25, 0.3) is 0 Å². The van der Waals surface area contributed by atoms with E-state index in [1.54, 1.807) is 66.9 Å². The predicted molar refractivity (Wildman–Crippen MR) is 451 cm³/mol. The van der Waals surface area contributed by atoms with Gasteiger partial charge >= 0.3 is 0 Å². The van der Waals surface area contributed by atoms with Crippen LogP contribution in [-0.4, -0.2) is 0 Å². The Labute approximate surface area is 626 Å². The highest BCUT2D eigenvalue weighted by Crippen LogP contribution is 2.67. The lowest BCUT2D eigenvalue weighted by molar-refractivity contribution is 0.279. The Morgan fingerprint density at radius 3 is 0.370 bits per heavy atom. The van der Waals surface area contributed by atoms with E-state index in [4.69, 9.17) is 0 Å². The molecule has 0 radical (unpaired) electrons. The third-order valence-corrected chi connectivity index (χ3v) is 23.9. The van der Waals surface area contributed by atoms with Crippen LogP contribution >= 0.6 is 0 Å². The second kappa shape index (κ2) is 26.4. The standard InChI is InChI=1S/C25H44.2C25H42.C25H40/c4*1-21(2,3)17-13-25(14-18(17)22(4,5)6)15-19(23(7,8)9)20(16-25)24(10,11)12/h13-16H2,1-12H3;2*13-14H,15-16H2,1-12H3;13-16H,1-12H3. The molecule has 8 aliphatic rings. The molecule has 0 heterocycles. The third-order valence-electron chi connectivity index (χ3n) is 23.9. The van der Waals surface area contributed by atoms with Crippen LogP contribution < -0.4 is 0 Å². The maximum absolute atomic E-state index is 2.65. The maximum atomic E-state index is 2.65. The second-order valence-corrected chi connectivity index (χ2v) is 50.7. The summed E-state index contributed by atoms with van der Waals surface area (Å²) in [4.78, 5) is 0. The van der Waals surface area contributed by atoms with Crippen LogP contribution in [0.2, 0.25) is 0 Å². The summed E-state index contributed by atoms with van der Waals surface area (Å²) in [5.74, 6) is 0.